The summed E-state index contributed by atoms with van der Waals surface area (Å²) in [6, 6.07) is -1.53. The van der Waals surface area contributed by atoms with Crippen LogP contribution in [0.4, 0.5) is 0 Å². The summed E-state index contributed by atoms with van der Waals surface area (Å²) in [4.78, 5) is 45.9. The third kappa shape index (κ3) is 35.9. The largest absolute Gasteiger partial charge is 0.480 e. The molecule has 0 radical (unpaired) electrons. The Morgan fingerprint density at radius 3 is 1.38 bits per heavy atom. The quantitative estimate of drug-likeness (QED) is 0.0262. The first-order valence-corrected chi connectivity index (χ1v) is 22.6. The van der Waals surface area contributed by atoms with E-state index in [2.05, 4.69) is 18.4 Å². The van der Waals surface area contributed by atoms with Crippen LogP contribution >= 0.6 is 7.82 Å². The minimum Gasteiger partial charge on any atom is -0.480 e. The predicted octanol–water partition coefficient (Wildman–Crippen LogP) is 9.70. The van der Waals surface area contributed by atoms with E-state index in [0.29, 0.717) is 12.8 Å². The van der Waals surface area contributed by atoms with Crippen LogP contribution in [0, 0.1) is 0 Å². The molecule has 0 aliphatic rings. The van der Waals surface area contributed by atoms with Crippen molar-refractivity contribution in [3.63, 3.8) is 0 Å². The fourth-order valence-corrected chi connectivity index (χ4v) is 6.81. The molecule has 0 rings (SSSR count). The van der Waals surface area contributed by atoms with Crippen LogP contribution in [-0.2, 0) is 37.5 Å². The Morgan fingerprint density at radius 2 is 0.943 bits per heavy atom. The van der Waals surface area contributed by atoms with Crippen LogP contribution in [-0.4, -0.2) is 71.1 Å². The van der Waals surface area contributed by atoms with Crippen LogP contribution in [0.5, 0.6) is 0 Å². The number of ether oxygens (including phenoxy) is 2. The van der Waals surface area contributed by atoms with E-state index >= 15 is 0 Å². The number of hydrogen-bond acceptors (Lipinski definition) is 10. The minimum atomic E-state index is -4.72. The predicted molar refractivity (Wildman–Crippen MR) is 209 cm³/mol. The molecule has 0 aromatic heterocycles. The highest BCUT2D eigenvalue weighted by Gasteiger charge is 2.28. The van der Waals surface area contributed by atoms with Crippen molar-refractivity contribution in [3.8, 4) is 0 Å². The Hall–Kier alpha value is -1.56. The van der Waals surface area contributed by atoms with Gasteiger partial charge in [-0.05, 0) is 25.7 Å². The van der Waals surface area contributed by atoms with Gasteiger partial charge in [0.05, 0.1) is 19.3 Å². The number of unbranched alkanes of at least 4 members (excludes halogenated alkanes) is 22. The maximum absolute atomic E-state index is 12.6. The molecule has 0 amide bonds. The number of carbonyl (C=O) groups is 3. The van der Waals surface area contributed by atoms with Gasteiger partial charge in [0.25, 0.3) is 0 Å². The summed E-state index contributed by atoms with van der Waals surface area (Å²) in [5.41, 5.74) is 5.32. The van der Waals surface area contributed by atoms with Crippen molar-refractivity contribution in [3.05, 3.63) is 0 Å². The van der Waals surface area contributed by atoms with E-state index in [4.69, 9.17) is 24.8 Å². The topological polar surface area (TPSA) is 192 Å². The highest BCUT2D eigenvalue weighted by Crippen LogP contribution is 2.43. The van der Waals surface area contributed by atoms with Crippen molar-refractivity contribution in [1.29, 1.82) is 0 Å². The third-order valence-electron chi connectivity index (χ3n) is 9.43. The number of aliphatic carboxylic acids is 1. The maximum atomic E-state index is 12.6. The Bertz CT molecular complexity index is 938. The van der Waals surface area contributed by atoms with Crippen molar-refractivity contribution >= 4 is 25.7 Å². The second kappa shape index (κ2) is 36.1. The van der Waals surface area contributed by atoms with E-state index < -0.39 is 51.1 Å². The Labute approximate surface area is 321 Å². The number of esters is 2. The molecule has 2 unspecified atom stereocenters. The lowest BCUT2D eigenvalue weighted by atomic mass is 10.0. The zero-order valence-corrected chi connectivity index (χ0v) is 34.4. The summed E-state index contributed by atoms with van der Waals surface area (Å²) in [5, 5.41) is 19.1. The molecule has 0 aliphatic heterocycles. The first kappa shape index (κ1) is 51.4. The number of carboxylic acid groups (broad SMARTS) is 1. The monoisotopic (exact) mass is 780 g/mol. The van der Waals surface area contributed by atoms with E-state index in [9.17, 15) is 28.9 Å². The lowest BCUT2D eigenvalue weighted by molar-refractivity contribution is -0.161. The molecular formula is C40H78NO11P. The Balaban J connectivity index is 4.40. The summed E-state index contributed by atoms with van der Waals surface area (Å²) in [7, 11) is -4.72. The van der Waals surface area contributed by atoms with E-state index in [1.807, 2.05) is 0 Å². The first-order chi connectivity index (χ1) is 25.5. The van der Waals surface area contributed by atoms with Gasteiger partial charge in [0.1, 0.15) is 12.6 Å². The van der Waals surface area contributed by atoms with Crippen LogP contribution in [0.3, 0.4) is 0 Å². The maximum Gasteiger partial charge on any atom is 0.472 e. The van der Waals surface area contributed by atoms with Crippen molar-refractivity contribution in [2.24, 2.45) is 5.73 Å². The number of carbonyl (C=O) groups excluding carboxylic acids is 2. The van der Waals surface area contributed by atoms with Gasteiger partial charge in [-0.1, -0.05) is 162 Å². The zero-order valence-electron chi connectivity index (χ0n) is 33.5. The summed E-state index contributed by atoms with van der Waals surface area (Å²) in [6.07, 6.45) is 28.9. The lowest BCUT2D eigenvalue weighted by Gasteiger charge is -2.20. The normalized spacial score (nSPS) is 14.4. The molecule has 0 saturated heterocycles. The molecule has 0 spiro atoms. The number of nitrogens with two attached hydrogens (primary N) is 1. The van der Waals surface area contributed by atoms with Crippen LogP contribution in [0.2, 0.25) is 0 Å². The van der Waals surface area contributed by atoms with E-state index in [-0.39, 0.29) is 25.6 Å². The van der Waals surface area contributed by atoms with Gasteiger partial charge >= 0.3 is 25.7 Å². The van der Waals surface area contributed by atoms with E-state index in [1.54, 1.807) is 0 Å². The molecule has 53 heavy (non-hydrogen) atoms. The molecule has 0 aromatic carbocycles. The van der Waals surface area contributed by atoms with Crippen LogP contribution in [0.25, 0.3) is 0 Å². The average molecular weight is 780 g/mol. The zero-order chi connectivity index (χ0) is 39.4. The highest BCUT2D eigenvalue weighted by atomic mass is 31.2. The molecule has 0 aliphatic carbocycles. The van der Waals surface area contributed by atoms with E-state index in [0.717, 1.165) is 70.6 Å². The molecular weight excluding hydrogens is 701 g/mol. The lowest BCUT2D eigenvalue weighted by Crippen LogP contribution is -2.34. The second-order valence-corrected chi connectivity index (χ2v) is 16.1. The smallest absolute Gasteiger partial charge is 0.472 e. The Kier molecular flexibility index (Phi) is 35.0. The van der Waals surface area contributed by atoms with Gasteiger partial charge in [0, 0.05) is 12.8 Å². The SMILES string of the molecule is CCCCCCCCCCCCCCCC(=O)OC[C@H](COP(=O)(O)OC[C@H](N)C(=O)O)OC(=O)CCCCCCCCC(O)CCCCCCCC. The summed E-state index contributed by atoms with van der Waals surface area (Å²) in [6.45, 7) is 2.72. The number of aliphatic hydroxyl groups excluding tert-OH is 1. The Morgan fingerprint density at radius 1 is 0.566 bits per heavy atom. The van der Waals surface area contributed by atoms with Crippen LogP contribution in [0.1, 0.15) is 200 Å². The molecule has 13 heteroatoms. The first-order valence-electron chi connectivity index (χ1n) is 21.1. The van der Waals surface area contributed by atoms with Crippen molar-refractivity contribution in [2.45, 2.75) is 218 Å². The number of rotatable bonds is 40. The summed E-state index contributed by atoms with van der Waals surface area (Å²) in [5.74, 6) is -2.42. The molecule has 0 saturated carbocycles. The molecule has 12 nitrogen and oxygen atoms in total. The van der Waals surface area contributed by atoms with E-state index in [1.165, 1.54) is 89.9 Å². The fourth-order valence-electron chi connectivity index (χ4n) is 6.03. The standard InChI is InChI=1S/C40H78NO11P/c1-3-5-7-9-11-12-13-14-15-16-17-22-26-30-38(43)49-32-36(33-50-53(47,48)51-34-37(41)40(45)46)52-39(44)31-27-23-19-18-21-25-29-35(42)28-24-20-10-8-6-4-2/h35-37,42H,3-34,41H2,1-2H3,(H,45,46)(H,47,48)/t35?,36-,37+/m1/s1. The van der Waals surface area contributed by atoms with Gasteiger partial charge in [0.2, 0.25) is 0 Å². The molecule has 5 N–H and O–H groups in total. The molecule has 0 heterocycles. The van der Waals surface area contributed by atoms with Crippen molar-refractivity contribution in [2.75, 3.05) is 19.8 Å². The van der Waals surface area contributed by atoms with Gasteiger partial charge in [-0.3, -0.25) is 23.4 Å². The molecule has 0 bridgehead atoms. The molecule has 4 atom stereocenters. The number of phosphoric ester groups is 1. The fraction of sp³-hybridized carbons (Fsp3) is 0.925. The average Bonchev–Trinajstić information content (AvgIpc) is 3.12. The number of phosphoric acid groups is 1. The molecule has 0 aromatic rings. The third-order valence-corrected chi connectivity index (χ3v) is 10.4. The second-order valence-electron chi connectivity index (χ2n) is 14.7. The molecule has 0 fully saturated rings. The highest BCUT2D eigenvalue weighted by molar-refractivity contribution is 7.47. The van der Waals surface area contributed by atoms with Crippen LogP contribution < -0.4 is 5.73 Å². The summed E-state index contributed by atoms with van der Waals surface area (Å²) >= 11 is 0. The van der Waals surface area contributed by atoms with Gasteiger partial charge in [-0.15, -0.1) is 0 Å². The summed E-state index contributed by atoms with van der Waals surface area (Å²) < 4.78 is 32.6. The number of carboxylic acids is 1. The molecule has 314 valence electrons. The van der Waals surface area contributed by atoms with Crippen molar-refractivity contribution < 1.29 is 52.6 Å². The minimum absolute atomic E-state index is 0.126. The van der Waals surface area contributed by atoms with Gasteiger partial charge in [-0.2, -0.15) is 0 Å². The van der Waals surface area contributed by atoms with Crippen molar-refractivity contribution in [1.82, 2.24) is 0 Å². The van der Waals surface area contributed by atoms with Gasteiger partial charge < -0.3 is 30.3 Å². The number of aliphatic hydroxyl groups is 1. The van der Waals surface area contributed by atoms with Gasteiger partial charge in [0.15, 0.2) is 6.10 Å². The number of hydrogen-bond donors (Lipinski definition) is 4. The van der Waals surface area contributed by atoms with Gasteiger partial charge in [-0.25, -0.2) is 4.57 Å². The van der Waals surface area contributed by atoms with Crippen LogP contribution in [0.15, 0.2) is 0 Å².